The van der Waals surface area contributed by atoms with E-state index in [-0.39, 0.29) is 11.8 Å². The van der Waals surface area contributed by atoms with Crippen molar-refractivity contribution in [1.82, 2.24) is 20.2 Å². The van der Waals surface area contributed by atoms with E-state index in [1.165, 1.54) is 18.0 Å². The van der Waals surface area contributed by atoms with Crippen LogP contribution in [0.3, 0.4) is 0 Å². The molecule has 1 aromatic heterocycles. The molecule has 0 spiro atoms. The van der Waals surface area contributed by atoms with Crippen LogP contribution in [0.25, 0.3) is 11.1 Å². The number of piperidine rings is 1. The van der Waals surface area contributed by atoms with Crippen molar-refractivity contribution in [2.75, 3.05) is 20.1 Å². The summed E-state index contributed by atoms with van der Waals surface area (Å²) in [4.78, 5) is 36.2. The third-order valence-corrected chi connectivity index (χ3v) is 6.26. The largest absolute Gasteiger partial charge is 0.359 e. The molecule has 2 aromatic carbocycles. The summed E-state index contributed by atoms with van der Waals surface area (Å²) in [6.07, 6.45) is 6.57. The number of rotatable bonds is 5. The van der Waals surface area contributed by atoms with Crippen LogP contribution in [0.5, 0.6) is 0 Å². The summed E-state index contributed by atoms with van der Waals surface area (Å²) in [5.41, 5.74) is 4.16. The zero-order valence-electron chi connectivity index (χ0n) is 18.5. The van der Waals surface area contributed by atoms with Crippen molar-refractivity contribution >= 4 is 11.8 Å². The van der Waals surface area contributed by atoms with E-state index in [9.17, 15) is 9.59 Å². The third kappa shape index (κ3) is 4.40. The van der Waals surface area contributed by atoms with Gasteiger partial charge in [-0.2, -0.15) is 0 Å². The van der Waals surface area contributed by atoms with Gasteiger partial charge in [0.15, 0.2) is 0 Å². The van der Waals surface area contributed by atoms with Gasteiger partial charge in [0.1, 0.15) is 5.69 Å². The van der Waals surface area contributed by atoms with E-state index in [0.29, 0.717) is 25.2 Å². The molecule has 0 saturated carbocycles. The molecule has 164 valence electrons. The number of nitrogens with zero attached hydrogens (tertiary/aromatic N) is 3. The molecular weight excluding hydrogens is 400 g/mol. The van der Waals surface area contributed by atoms with Gasteiger partial charge in [0.25, 0.3) is 5.91 Å². The van der Waals surface area contributed by atoms with Gasteiger partial charge in [0.2, 0.25) is 5.91 Å². The smallest absolute Gasteiger partial charge is 0.274 e. The van der Waals surface area contributed by atoms with Gasteiger partial charge in [-0.25, -0.2) is 4.98 Å². The average molecular weight is 429 g/mol. The minimum Gasteiger partial charge on any atom is -0.359 e. The lowest BCUT2D eigenvalue weighted by Crippen LogP contribution is -2.54. The zero-order chi connectivity index (χ0) is 22.6. The van der Waals surface area contributed by atoms with Crippen LogP contribution in [0, 0.1) is 12.3 Å². The van der Waals surface area contributed by atoms with E-state index in [4.69, 9.17) is 0 Å². The van der Waals surface area contributed by atoms with E-state index in [1.807, 2.05) is 12.1 Å². The van der Waals surface area contributed by atoms with Crippen molar-refractivity contribution in [2.45, 2.75) is 26.2 Å². The molecule has 1 aliphatic heterocycles. The number of aryl methyl sites for hydroxylation is 1. The van der Waals surface area contributed by atoms with Crippen LogP contribution in [0.1, 0.15) is 34.5 Å². The fraction of sp³-hybridized carbons (Fsp3) is 0.308. The van der Waals surface area contributed by atoms with Gasteiger partial charge < -0.3 is 10.2 Å². The Hall–Kier alpha value is -3.54. The topological polar surface area (TPSA) is 75.2 Å². The highest BCUT2D eigenvalue weighted by Crippen LogP contribution is 2.37. The Morgan fingerprint density at radius 3 is 2.59 bits per heavy atom. The van der Waals surface area contributed by atoms with Gasteiger partial charge >= 0.3 is 0 Å². The van der Waals surface area contributed by atoms with Gasteiger partial charge in [-0.15, -0.1) is 0 Å². The van der Waals surface area contributed by atoms with Crippen molar-refractivity contribution in [3.63, 3.8) is 0 Å². The Bertz CT molecular complexity index is 1100. The van der Waals surface area contributed by atoms with Crippen LogP contribution < -0.4 is 5.32 Å². The number of aromatic nitrogens is 2. The fourth-order valence-electron chi connectivity index (χ4n) is 4.61. The summed E-state index contributed by atoms with van der Waals surface area (Å²) in [7, 11) is 1.67. The molecule has 0 bridgehead atoms. The van der Waals surface area contributed by atoms with E-state index >= 15 is 0 Å². The third-order valence-electron chi connectivity index (χ3n) is 6.26. The SMILES string of the molecule is CNC(=O)[C@]1(Cc2ccccc2-c2ccc(C)cc2)CCCN(C(=O)c2cnccn2)C1. The molecule has 1 N–H and O–H groups in total. The Morgan fingerprint density at radius 2 is 1.88 bits per heavy atom. The number of likely N-dealkylation sites (tertiary alicyclic amines) is 1. The lowest BCUT2D eigenvalue weighted by atomic mass is 9.73. The molecule has 2 heterocycles. The second kappa shape index (κ2) is 9.30. The molecule has 6 nitrogen and oxygen atoms in total. The van der Waals surface area contributed by atoms with E-state index < -0.39 is 5.41 Å². The van der Waals surface area contributed by atoms with Crippen LogP contribution in [0.15, 0.2) is 67.1 Å². The Balaban J connectivity index is 1.67. The number of benzene rings is 2. The molecule has 3 aromatic rings. The van der Waals surface area contributed by atoms with Gasteiger partial charge in [-0.3, -0.25) is 14.6 Å². The first kappa shape index (κ1) is 21.7. The predicted molar refractivity (Wildman–Crippen MR) is 124 cm³/mol. The molecule has 1 atom stereocenters. The number of hydrogen-bond acceptors (Lipinski definition) is 4. The van der Waals surface area contributed by atoms with Crippen molar-refractivity contribution in [1.29, 1.82) is 0 Å². The first-order valence-corrected chi connectivity index (χ1v) is 10.9. The molecule has 0 aliphatic carbocycles. The van der Waals surface area contributed by atoms with Gasteiger partial charge in [-0.1, -0.05) is 54.1 Å². The van der Waals surface area contributed by atoms with Crippen molar-refractivity contribution in [2.24, 2.45) is 5.41 Å². The minimum absolute atomic E-state index is 0.0344. The van der Waals surface area contributed by atoms with Crippen LogP contribution in [0.4, 0.5) is 0 Å². The number of hydrogen-bond donors (Lipinski definition) is 1. The molecule has 1 saturated heterocycles. The van der Waals surface area contributed by atoms with Crippen molar-refractivity contribution < 1.29 is 9.59 Å². The molecule has 2 amide bonds. The summed E-state index contributed by atoms with van der Waals surface area (Å²) in [6.45, 7) is 3.03. The fourth-order valence-corrected chi connectivity index (χ4v) is 4.61. The number of carbonyl (C=O) groups excluding carboxylic acids is 2. The second-order valence-corrected chi connectivity index (χ2v) is 8.48. The first-order chi connectivity index (χ1) is 15.5. The Morgan fingerprint density at radius 1 is 1.09 bits per heavy atom. The number of amides is 2. The lowest BCUT2D eigenvalue weighted by molar-refractivity contribution is -0.133. The molecule has 32 heavy (non-hydrogen) atoms. The maximum atomic E-state index is 13.2. The Labute approximate surface area is 188 Å². The highest BCUT2D eigenvalue weighted by molar-refractivity contribution is 5.93. The first-order valence-electron chi connectivity index (χ1n) is 10.9. The molecule has 4 rings (SSSR count). The Kier molecular flexibility index (Phi) is 6.30. The highest BCUT2D eigenvalue weighted by Gasteiger charge is 2.43. The standard InChI is InChI=1S/C26H28N4O2/c1-19-8-10-20(11-9-19)22-7-4-3-6-21(22)16-26(25(32)27-2)12-5-15-30(18-26)24(31)23-17-28-13-14-29-23/h3-4,6-11,13-14,17H,5,12,15-16,18H2,1-2H3,(H,27,32)/t26-/m0/s1. The van der Waals surface area contributed by atoms with E-state index in [2.05, 4.69) is 58.6 Å². The molecule has 1 aliphatic rings. The van der Waals surface area contributed by atoms with Crippen molar-refractivity contribution in [3.8, 4) is 11.1 Å². The summed E-state index contributed by atoms with van der Waals surface area (Å²) >= 11 is 0. The lowest BCUT2D eigenvalue weighted by Gasteiger charge is -2.41. The summed E-state index contributed by atoms with van der Waals surface area (Å²) in [5.74, 6) is -0.217. The maximum absolute atomic E-state index is 13.2. The quantitative estimate of drug-likeness (QED) is 0.673. The highest BCUT2D eigenvalue weighted by atomic mass is 16.2. The molecular formula is C26H28N4O2. The zero-order valence-corrected chi connectivity index (χ0v) is 18.5. The maximum Gasteiger partial charge on any atom is 0.274 e. The molecule has 0 unspecified atom stereocenters. The number of carbonyl (C=O) groups is 2. The molecule has 1 fully saturated rings. The minimum atomic E-state index is -0.703. The number of nitrogens with one attached hydrogen (secondary N) is 1. The van der Waals surface area contributed by atoms with E-state index in [1.54, 1.807) is 18.1 Å². The average Bonchev–Trinajstić information content (AvgIpc) is 2.84. The van der Waals surface area contributed by atoms with Crippen LogP contribution in [0.2, 0.25) is 0 Å². The predicted octanol–water partition coefficient (Wildman–Crippen LogP) is 3.66. The molecule has 6 heteroatoms. The van der Waals surface area contributed by atoms with Crippen LogP contribution in [-0.2, 0) is 11.2 Å². The van der Waals surface area contributed by atoms with E-state index in [0.717, 1.165) is 29.5 Å². The van der Waals surface area contributed by atoms with Crippen LogP contribution in [-0.4, -0.2) is 46.8 Å². The molecule has 0 radical (unpaired) electrons. The van der Waals surface area contributed by atoms with Crippen LogP contribution >= 0.6 is 0 Å². The normalized spacial score (nSPS) is 18.2. The monoisotopic (exact) mass is 428 g/mol. The summed E-state index contributed by atoms with van der Waals surface area (Å²) < 4.78 is 0. The van der Waals surface area contributed by atoms with Gasteiger partial charge in [0.05, 0.1) is 11.6 Å². The summed E-state index contributed by atoms with van der Waals surface area (Å²) in [6, 6.07) is 16.7. The van der Waals surface area contributed by atoms with Crippen molar-refractivity contribution in [3.05, 3.63) is 83.9 Å². The second-order valence-electron chi connectivity index (χ2n) is 8.48. The summed E-state index contributed by atoms with van der Waals surface area (Å²) in [5, 5.41) is 2.86. The van der Waals surface area contributed by atoms with Gasteiger partial charge in [-0.05, 0) is 42.9 Å². The van der Waals surface area contributed by atoms with Gasteiger partial charge in [0, 0.05) is 32.5 Å².